The number of nitrogens with one attached hydrogen (secondary N) is 1. The van der Waals surface area contributed by atoms with Crippen LogP contribution in [0.15, 0.2) is 53.7 Å². The molecule has 2 aromatic carbocycles. The van der Waals surface area contributed by atoms with Crippen molar-refractivity contribution in [3.8, 4) is 5.75 Å². The van der Waals surface area contributed by atoms with E-state index >= 15 is 0 Å². The normalized spacial score (nSPS) is 11.2. The largest absolute Gasteiger partial charge is 0.356 e. The Morgan fingerprint density at radius 3 is 2.46 bits per heavy atom. The third-order valence-corrected chi connectivity index (χ3v) is 5.17. The average molecular weight is 480 g/mol. The number of non-ortho nitro benzene ring substituents is 1. The van der Waals surface area contributed by atoms with Gasteiger partial charge in [0, 0.05) is 25.1 Å². The summed E-state index contributed by atoms with van der Waals surface area (Å²) in [4.78, 5) is 39.2. The first-order chi connectivity index (χ1) is 16.7. The monoisotopic (exact) mass is 480 g/mol. The highest BCUT2D eigenvalue weighted by Crippen LogP contribution is 2.27. The molecule has 1 aromatic heterocycles. The third-order valence-electron chi connectivity index (χ3n) is 5.17. The van der Waals surface area contributed by atoms with Gasteiger partial charge in [-0.3, -0.25) is 29.7 Å². The van der Waals surface area contributed by atoms with Crippen molar-refractivity contribution in [1.29, 1.82) is 0 Å². The third kappa shape index (κ3) is 6.47. The van der Waals surface area contributed by atoms with Crippen LogP contribution in [-0.2, 0) is 11.3 Å². The van der Waals surface area contributed by atoms with Gasteiger partial charge in [0.25, 0.3) is 5.69 Å². The second-order valence-corrected chi connectivity index (χ2v) is 7.76. The number of aromatic nitrogens is 2. The van der Waals surface area contributed by atoms with E-state index < -0.39 is 9.85 Å². The molecule has 0 saturated carbocycles. The molecule has 0 bridgehead atoms. The fraction of sp³-hybridized carbons (Fsp3) is 0.261. The first kappa shape index (κ1) is 25.0. The minimum atomic E-state index is -0.591. The van der Waals surface area contributed by atoms with Crippen molar-refractivity contribution in [1.82, 2.24) is 9.78 Å². The van der Waals surface area contributed by atoms with E-state index in [2.05, 4.69) is 15.6 Å². The second-order valence-electron chi connectivity index (χ2n) is 7.76. The van der Waals surface area contributed by atoms with Crippen LogP contribution in [0.25, 0.3) is 0 Å². The van der Waals surface area contributed by atoms with E-state index in [0.29, 0.717) is 30.1 Å². The Balaban J connectivity index is 1.65. The maximum atomic E-state index is 12.4. The number of aryl methyl sites for hydroxylation is 2. The standard InChI is InChI=1S/C23H24N6O6/c1-15(18-8-5-4-6-9-18)26-35-21-13-19(12-20(14-21)28(31)32)24-22(30)10-7-11-27-17(3)23(29(33)34)16(2)25-27/h4-6,8-9,12-14H,7,10-11H2,1-3H3,(H,24,30)/b26-15+. The number of amides is 1. The zero-order valence-electron chi connectivity index (χ0n) is 19.4. The van der Waals surface area contributed by atoms with Crippen molar-refractivity contribution in [2.24, 2.45) is 5.16 Å². The Morgan fingerprint density at radius 1 is 1.11 bits per heavy atom. The Kier molecular flexibility index (Phi) is 7.87. The summed E-state index contributed by atoms with van der Waals surface area (Å²) < 4.78 is 1.49. The first-order valence-electron chi connectivity index (χ1n) is 10.7. The molecule has 3 aromatic rings. The number of nitro benzene ring substituents is 1. The second kappa shape index (κ2) is 11.0. The van der Waals surface area contributed by atoms with Gasteiger partial charge in [0.2, 0.25) is 5.91 Å². The van der Waals surface area contributed by atoms with Crippen molar-refractivity contribution in [2.75, 3.05) is 5.32 Å². The topological polar surface area (TPSA) is 155 Å². The van der Waals surface area contributed by atoms with Gasteiger partial charge >= 0.3 is 5.69 Å². The number of hydrogen-bond acceptors (Lipinski definition) is 8. The van der Waals surface area contributed by atoms with Crippen LogP contribution < -0.4 is 10.2 Å². The number of anilines is 1. The minimum Gasteiger partial charge on any atom is -0.356 e. The molecule has 0 spiro atoms. The molecule has 1 amide bonds. The SMILES string of the molecule is C/C(=N\Oc1cc(NC(=O)CCCn2nc(C)c([N+](=O)[O-])c2C)cc([N+](=O)[O-])c1)c1ccccc1. The highest BCUT2D eigenvalue weighted by Gasteiger charge is 2.21. The van der Waals surface area contributed by atoms with Crippen LogP contribution in [0.1, 0.15) is 36.7 Å². The summed E-state index contributed by atoms with van der Waals surface area (Å²) in [6.07, 6.45) is 0.445. The molecule has 0 aliphatic rings. The number of hydrogen-bond donors (Lipinski definition) is 1. The fourth-order valence-corrected chi connectivity index (χ4v) is 3.45. The Labute approximate surface area is 200 Å². The molecular weight excluding hydrogens is 456 g/mol. The van der Waals surface area contributed by atoms with Crippen LogP contribution in [0, 0.1) is 34.1 Å². The van der Waals surface area contributed by atoms with E-state index in [0.717, 1.165) is 5.56 Å². The van der Waals surface area contributed by atoms with Crippen LogP contribution in [0.3, 0.4) is 0 Å². The van der Waals surface area contributed by atoms with Crippen LogP contribution in [0.2, 0.25) is 0 Å². The smallest absolute Gasteiger partial charge is 0.312 e. The van der Waals surface area contributed by atoms with Crippen molar-refractivity contribution in [3.05, 3.63) is 85.7 Å². The van der Waals surface area contributed by atoms with Crippen LogP contribution in [-0.4, -0.2) is 31.2 Å². The van der Waals surface area contributed by atoms with Gasteiger partial charge in [0.15, 0.2) is 5.75 Å². The number of benzene rings is 2. The summed E-state index contributed by atoms with van der Waals surface area (Å²) in [6, 6.07) is 13.2. The van der Waals surface area contributed by atoms with Gasteiger partial charge in [-0.25, -0.2) is 0 Å². The van der Waals surface area contributed by atoms with E-state index in [1.807, 2.05) is 30.3 Å². The quantitative estimate of drug-likeness (QED) is 0.254. The lowest BCUT2D eigenvalue weighted by Crippen LogP contribution is -2.13. The van der Waals surface area contributed by atoms with Gasteiger partial charge in [0.05, 0.1) is 27.3 Å². The fourth-order valence-electron chi connectivity index (χ4n) is 3.45. The lowest BCUT2D eigenvalue weighted by Gasteiger charge is -2.08. The number of carbonyl (C=O) groups is 1. The minimum absolute atomic E-state index is 0.0382. The molecule has 35 heavy (non-hydrogen) atoms. The van der Waals surface area contributed by atoms with Crippen molar-refractivity contribution >= 4 is 28.7 Å². The lowest BCUT2D eigenvalue weighted by molar-refractivity contribution is -0.386. The van der Waals surface area contributed by atoms with Crippen molar-refractivity contribution in [2.45, 2.75) is 40.2 Å². The zero-order chi connectivity index (χ0) is 25.5. The van der Waals surface area contributed by atoms with E-state index in [1.54, 1.807) is 20.8 Å². The molecule has 3 rings (SSSR count). The molecular formula is C23H24N6O6. The summed E-state index contributed by atoms with van der Waals surface area (Å²) in [6.45, 7) is 5.21. The van der Waals surface area contributed by atoms with Crippen LogP contribution in [0.5, 0.6) is 5.75 Å². The van der Waals surface area contributed by atoms with E-state index in [-0.39, 0.29) is 35.1 Å². The van der Waals surface area contributed by atoms with Gasteiger partial charge in [0.1, 0.15) is 11.4 Å². The predicted molar refractivity (Wildman–Crippen MR) is 129 cm³/mol. The molecule has 0 radical (unpaired) electrons. The summed E-state index contributed by atoms with van der Waals surface area (Å²) in [5, 5.41) is 33.3. The molecule has 12 nitrogen and oxygen atoms in total. The van der Waals surface area contributed by atoms with Gasteiger partial charge in [-0.1, -0.05) is 35.5 Å². The number of nitro groups is 2. The Hall–Kier alpha value is -4.61. The number of nitrogens with zero attached hydrogens (tertiary/aromatic N) is 5. The molecule has 0 saturated heterocycles. The Morgan fingerprint density at radius 2 is 1.83 bits per heavy atom. The van der Waals surface area contributed by atoms with Crippen LogP contribution in [0.4, 0.5) is 17.1 Å². The van der Waals surface area contributed by atoms with E-state index in [4.69, 9.17) is 4.84 Å². The molecule has 1 N–H and O–H groups in total. The molecule has 12 heteroatoms. The molecule has 0 unspecified atom stereocenters. The molecule has 1 heterocycles. The molecule has 0 aliphatic carbocycles. The van der Waals surface area contributed by atoms with Crippen LogP contribution >= 0.6 is 0 Å². The van der Waals surface area contributed by atoms with E-state index in [9.17, 15) is 25.0 Å². The Bertz CT molecular complexity index is 1290. The summed E-state index contributed by atoms with van der Waals surface area (Å²) in [5.41, 5.74) is 2.02. The van der Waals surface area contributed by atoms with Crippen molar-refractivity contribution < 1.29 is 19.5 Å². The van der Waals surface area contributed by atoms with E-state index in [1.165, 1.54) is 22.9 Å². The average Bonchev–Trinajstić information content (AvgIpc) is 3.10. The molecule has 0 fully saturated rings. The number of carbonyl (C=O) groups excluding carboxylic acids is 1. The summed E-state index contributed by atoms with van der Waals surface area (Å²) >= 11 is 0. The highest BCUT2D eigenvalue weighted by atomic mass is 16.6. The van der Waals surface area contributed by atoms with Crippen molar-refractivity contribution in [3.63, 3.8) is 0 Å². The zero-order valence-corrected chi connectivity index (χ0v) is 19.4. The molecule has 0 atom stereocenters. The molecule has 182 valence electrons. The maximum Gasteiger partial charge on any atom is 0.312 e. The van der Waals surface area contributed by atoms with Gasteiger partial charge < -0.3 is 10.2 Å². The highest BCUT2D eigenvalue weighted by molar-refractivity contribution is 5.98. The number of rotatable bonds is 10. The number of oxime groups is 1. The summed E-state index contributed by atoms with van der Waals surface area (Å²) in [7, 11) is 0. The first-order valence-corrected chi connectivity index (χ1v) is 10.7. The van der Waals surface area contributed by atoms with Gasteiger partial charge in [-0.2, -0.15) is 5.10 Å². The summed E-state index contributed by atoms with van der Waals surface area (Å²) in [5.74, 6) is -0.281. The van der Waals surface area contributed by atoms with Gasteiger partial charge in [-0.05, 0) is 32.8 Å². The van der Waals surface area contributed by atoms with Gasteiger partial charge in [-0.15, -0.1) is 0 Å². The molecule has 0 aliphatic heterocycles. The predicted octanol–water partition coefficient (Wildman–Crippen LogP) is 4.54. The lowest BCUT2D eigenvalue weighted by atomic mass is 10.1. The maximum absolute atomic E-state index is 12.4.